The van der Waals surface area contributed by atoms with Crippen molar-refractivity contribution in [2.24, 2.45) is 5.92 Å². The molecule has 1 aromatic rings. The van der Waals surface area contributed by atoms with Crippen molar-refractivity contribution in [2.75, 3.05) is 0 Å². The van der Waals surface area contributed by atoms with E-state index in [0.29, 0.717) is 0 Å². The molecule has 1 heterocycles. The summed E-state index contributed by atoms with van der Waals surface area (Å²) in [5, 5.41) is 5.39. The summed E-state index contributed by atoms with van der Waals surface area (Å²) in [7, 11) is 0. The largest absolute Gasteiger partial charge is 0.302 e. The van der Waals surface area contributed by atoms with Crippen LogP contribution in [0.2, 0.25) is 0 Å². The van der Waals surface area contributed by atoms with Crippen LogP contribution in [0, 0.1) is 5.92 Å². The van der Waals surface area contributed by atoms with Gasteiger partial charge in [-0.1, -0.05) is 13.3 Å². The Labute approximate surface area is 113 Å². The number of rotatable bonds is 3. The van der Waals surface area contributed by atoms with E-state index in [4.69, 9.17) is 4.98 Å². The predicted octanol–water partition coefficient (Wildman–Crippen LogP) is 3.40. The van der Waals surface area contributed by atoms with Crippen LogP contribution in [0.5, 0.6) is 0 Å². The van der Waals surface area contributed by atoms with Gasteiger partial charge in [0, 0.05) is 10.9 Å². The summed E-state index contributed by atoms with van der Waals surface area (Å²) in [6, 6.07) is 0.782. The van der Waals surface area contributed by atoms with E-state index in [1.807, 2.05) is 11.3 Å². The molecule has 0 radical (unpaired) electrons. The van der Waals surface area contributed by atoms with Gasteiger partial charge in [-0.15, -0.1) is 11.3 Å². The van der Waals surface area contributed by atoms with E-state index in [-0.39, 0.29) is 5.54 Å². The lowest BCUT2D eigenvalue weighted by Crippen LogP contribution is -2.45. The van der Waals surface area contributed by atoms with Crippen LogP contribution < -0.4 is 5.32 Å². The van der Waals surface area contributed by atoms with Gasteiger partial charge in [0.15, 0.2) is 0 Å². The number of thiazole rings is 1. The summed E-state index contributed by atoms with van der Waals surface area (Å²) in [6.07, 6.45) is 10.6. The van der Waals surface area contributed by atoms with E-state index in [2.05, 4.69) is 12.2 Å². The summed E-state index contributed by atoms with van der Waals surface area (Å²) >= 11 is 2.02. The third-order valence-electron chi connectivity index (χ3n) is 5.07. The average Bonchev–Trinajstić information content (AvgIpc) is 2.73. The Morgan fingerprint density at radius 2 is 2.11 bits per heavy atom. The molecular weight excluding hydrogens is 240 g/mol. The smallest absolute Gasteiger partial charge is 0.114 e. The first-order chi connectivity index (χ1) is 8.78. The maximum atomic E-state index is 5.03. The van der Waals surface area contributed by atoms with E-state index in [1.165, 1.54) is 62.1 Å². The van der Waals surface area contributed by atoms with Crippen molar-refractivity contribution in [2.45, 2.75) is 69.9 Å². The number of fused-ring (bicyclic) bond motifs is 1. The average molecular weight is 262 g/mol. The van der Waals surface area contributed by atoms with Gasteiger partial charge in [0.05, 0.1) is 11.2 Å². The Bertz CT molecular complexity index is 442. The second kappa shape index (κ2) is 4.04. The van der Waals surface area contributed by atoms with Crippen molar-refractivity contribution >= 4 is 11.3 Å². The highest BCUT2D eigenvalue weighted by Gasteiger charge is 2.47. The fourth-order valence-corrected chi connectivity index (χ4v) is 5.19. The van der Waals surface area contributed by atoms with Crippen LogP contribution >= 0.6 is 11.3 Å². The molecule has 0 aromatic carbocycles. The maximum Gasteiger partial charge on any atom is 0.114 e. The standard InChI is InChI=1S/C15H22N2S/c1-10-4-3-9-15(10,17-11-7-8-11)14-16-12-5-2-6-13(12)18-14/h10-11,17H,2-9H2,1H3. The van der Waals surface area contributed by atoms with Gasteiger partial charge in [0.1, 0.15) is 5.01 Å². The Morgan fingerprint density at radius 1 is 1.22 bits per heavy atom. The Morgan fingerprint density at radius 3 is 2.78 bits per heavy atom. The number of hydrogen-bond acceptors (Lipinski definition) is 3. The van der Waals surface area contributed by atoms with Gasteiger partial charge in [-0.05, 0) is 50.9 Å². The van der Waals surface area contributed by atoms with Gasteiger partial charge >= 0.3 is 0 Å². The lowest BCUT2D eigenvalue weighted by molar-refractivity contribution is 0.258. The minimum Gasteiger partial charge on any atom is -0.302 e. The van der Waals surface area contributed by atoms with Crippen LogP contribution in [0.15, 0.2) is 0 Å². The molecule has 0 saturated heterocycles. The fourth-order valence-electron chi connectivity index (χ4n) is 3.75. The van der Waals surface area contributed by atoms with E-state index >= 15 is 0 Å². The molecule has 2 fully saturated rings. The molecule has 1 aromatic heterocycles. The van der Waals surface area contributed by atoms with Crippen LogP contribution in [0.25, 0.3) is 0 Å². The van der Waals surface area contributed by atoms with Crippen LogP contribution in [-0.2, 0) is 18.4 Å². The Balaban J connectivity index is 1.71. The van der Waals surface area contributed by atoms with E-state index < -0.39 is 0 Å². The number of nitrogens with zero attached hydrogens (tertiary/aromatic N) is 1. The molecule has 3 aliphatic carbocycles. The monoisotopic (exact) mass is 262 g/mol. The first-order valence-corrected chi connectivity index (χ1v) is 8.36. The first kappa shape index (κ1) is 11.4. The van der Waals surface area contributed by atoms with Gasteiger partial charge in [0.25, 0.3) is 0 Å². The molecule has 3 heteroatoms. The molecule has 1 N–H and O–H groups in total. The lowest BCUT2D eigenvalue weighted by Gasteiger charge is -2.33. The predicted molar refractivity (Wildman–Crippen MR) is 75.0 cm³/mol. The zero-order valence-electron chi connectivity index (χ0n) is 11.2. The first-order valence-electron chi connectivity index (χ1n) is 7.55. The summed E-state index contributed by atoms with van der Waals surface area (Å²) in [6.45, 7) is 2.43. The summed E-state index contributed by atoms with van der Waals surface area (Å²) < 4.78 is 0. The minimum absolute atomic E-state index is 0.232. The highest BCUT2D eigenvalue weighted by atomic mass is 32.1. The van der Waals surface area contributed by atoms with Gasteiger partial charge in [-0.2, -0.15) is 0 Å². The summed E-state index contributed by atoms with van der Waals surface area (Å²) in [5.74, 6) is 0.754. The molecule has 2 nitrogen and oxygen atoms in total. The third-order valence-corrected chi connectivity index (χ3v) is 6.40. The summed E-state index contributed by atoms with van der Waals surface area (Å²) in [4.78, 5) is 6.62. The van der Waals surface area contributed by atoms with Crippen molar-refractivity contribution in [3.05, 3.63) is 15.6 Å². The highest BCUT2D eigenvalue weighted by molar-refractivity contribution is 7.12. The van der Waals surface area contributed by atoms with Crippen molar-refractivity contribution in [1.29, 1.82) is 0 Å². The Kier molecular flexibility index (Phi) is 2.56. The Hall–Kier alpha value is -0.410. The molecule has 0 bridgehead atoms. The zero-order valence-corrected chi connectivity index (χ0v) is 12.0. The summed E-state index contributed by atoms with van der Waals surface area (Å²) in [5.41, 5.74) is 1.65. The highest BCUT2D eigenvalue weighted by Crippen LogP contribution is 2.47. The SMILES string of the molecule is CC1CCCC1(NC1CC1)c1nc2c(s1)CCC2. The van der Waals surface area contributed by atoms with Gasteiger partial charge < -0.3 is 5.32 Å². The number of aryl methyl sites for hydroxylation is 2. The number of nitrogens with one attached hydrogen (secondary N) is 1. The molecule has 2 unspecified atom stereocenters. The third kappa shape index (κ3) is 1.67. The van der Waals surface area contributed by atoms with Crippen molar-refractivity contribution in [3.8, 4) is 0 Å². The molecule has 0 aliphatic heterocycles. The second-order valence-corrected chi connectivity index (χ2v) is 7.51. The van der Waals surface area contributed by atoms with E-state index in [9.17, 15) is 0 Å². The van der Waals surface area contributed by atoms with E-state index in [0.717, 1.165) is 12.0 Å². The van der Waals surface area contributed by atoms with Gasteiger partial charge in [-0.25, -0.2) is 4.98 Å². The zero-order chi connectivity index (χ0) is 12.2. The molecule has 18 heavy (non-hydrogen) atoms. The van der Waals surface area contributed by atoms with Crippen molar-refractivity contribution < 1.29 is 0 Å². The van der Waals surface area contributed by atoms with Gasteiger partial charge in [-0.3, -0.25) is 0 Å². The topological polar surface area (TPSA) is 24.9 Å². The van der Waals surface area contributed by atoms with Gasteiger partial charge in [0.2, 0.25) is 0 Å². The van der Waals surface area contributed by atoms with Crippen LogP contribution in [0.4, 0.5) is 0 Å². The fraction of sp³-hybridized carbons (Fsp3) is 0.800. The maximum absolute atomic E-state index is 5.03. The molecule has 2 atom stereocenters. The normalized spacial score (nSPS) is 35.1. The molecule has 98 valence electrons. The molecule has 3 aliphatic rings. The van der Waals surface area contributed by atoms with Crippen LogP contribution in [-0.4, -0.2) is 11.0 Å². The van der Waals surface area contributed by atoms with Crippen molar-refractivity contribution in [1.82, 2.24) is 10.3 Å². The minimum atomic E-state index is 0.232. The number of aromatic nitrogens is 1. The molecule has 0 amide bonds. The van der Waals surface area contributed by atoms with Crippen LogP contribution in [0.1, 0.15) is 61.0 Å². The molecule has 4 rings (SSSR count). The molecule has 2 saturated carbocycles. The molecule has 0 spiro atoms. The lowest BCUT2D eigenvalue weighted by atomic mass is 9.88. The quantitative estimate of drug-likeness (QED) is 0.903. The number of hydrogen-bond donors (Lipinski definition) is 1. The van der Waals surface area contributed by atoms with E-state index in [1.54, 1.807) is 4.88 Å². The van der Waals surface area contributed by atoms with Crippen LogP contribution in [0.3, 0.4) is 0 Å². The van der Waals surface area contributed by atoms with Crippen molar-refractivity contribution in [3.63, 3.8) is 0 Å². The second-order valence-electron chi connectivity index (χ2n) is 6.43. The molecular formula is C15H22N2S.